The second-order valence-corrected chi connectivity index (χ2v) is 4.47. The Kier molecular flexibility index (Phi) is 2.41. The molecule has 7 heteroatoms. The van der Waals surface area contributed by atoms with Crippen molar-refractivity contribution in [1.29, 1.82) is 5.26 Å². The van der Waals surface area contributed by atoms with E-state index in [4.69, 9.17) is 0 Å². The van der Waals surface area contributed by atoms with E-state index >= 15 is 0 Å². The number of rotatable bonds is 1. The molecule has 0 saturated carbocycles. The number of nitro groups is 1. The third kappa shape index (κ3) is 1.45. The maximum absolute atomic E-state index is 10.9. The van der Waals surface area contributed by atoms with Crippen LogP contribution in [0.2, 0.25) is 0 Å². The summed E-state index contributed by atoms with van der Waals surface area (Å²) in [6, 6.07) is 6.56. The fourth-order valence-electron chi connectivity index (χ4n) is 2.43. The number of hydrogen-bond donors (Lipinski definition) is 0. The van der Waals surface area contributed by atoms with E-state index < -0.39 is 4.92 Å². The molecule has 0 aliphatic carbocycles. The molecule has 0 aliphatic rings. The number of nitro benzene ring substituents is 1. The van der Waals surface area contributed by atoms with Gasteiger partial charge in [0, 0.05) is 28.6 Å². The lowest BCUT2D eigenvalue weighted by Crippen LogP contribution is -2.00. The quantitative estimate of drug-likeness (QED) is 0.497. The Hall–Kier alpha value is -3.01. The van der Waals surface area contributed by atoms with Crippen LogP contribution in [-0.4, -0.2) is 19.5 Å². The van der Waals surface area contributed by atoms with E-state index in [0.29, 0.717) is 27.8 Å². The topological polar surface area (TPSA) is 97.1 Å². The van der Waals surface area contributed by atoms with Crippen LogP contribution in [0.5, 0.6) is 0 Å². The Morgan fingerprint density at radius 3 is 2.70 bits per heavy atom. The molecule has 20 heavy (non-hydrogen) atoms. The van der Waals surface area contributed by atoms with Crippen molar-refractivity contribution in [2.24, 2.45) is 0 Å². The van der Waals surface area contributed by atoms with Crippen molar-refractivity contribution >= 4 is 22.1 Å². The van der Waals surface area contributed by atoms with E-state index in [-0.39, 0.29) is 5.69 Å². The number of hydrogen-bond acceptors (Lipinski definition) is 5. The predicted molar refractivity (Wildman–Crippen MR) is 71.3 cm³/mol. The molecule has 0 unspecified atom stereocenters. The fourth-order valence-corrected chi connectivity index (χ4v) is 2.43. The summed E-state index contributed by atoms with van der Waals surface area (Å²) in [5, 5.41) is 29.5. The molecule has 1 aromatic carbocycles. The number of nitriles is 1. The summed E-state index contributed by atoms with van der Waals surface area (Å²) in [7, 11) is 0. The van der Waals surface area contributed by atoms with Crippen LogP contribution in [0.1, 0.15) is 17.1 Å². The first kappa shape index (κ1) is 12.0. The van der Waals surface area contributed by atoms with Crippen molar-refractivity contribution < 1.29 is 4.92 Å². The standard InChI is InChI=1S/C13H9N5O2/c1-7-12(6-14)10-4-3-9(18(19)20)5-11(10)13-16-15-8(2)17(7)13/h3-5H,1-2H3. The van der Waals surface area contributed by atoms with Crippen molar-refractivity contribution in [2.45, 2.75) is 13.8 Å². The molecular weight excluding hydrogens is 258 g/mol. The van der Waals surface area contributed by atoms with Gasteiger partial charge >= 0.3 is 0 Å². The van der Waals surface area contributed by atoms with Crippen LogP contribution >= 0.6 is 0 Å². The first-order valence-electron chi connectivity index (χ1n) is 5.87. The number of benzene rings is 1. The van der Waals surface area contributed by atoms with Gasteiger partial charge in [-0.05, 0) is 19.9 Å². The largest absolute Gasteiger partial charge is 0.282 e. The van der Waals surface area contributed by atoms with Gasteiger partial charge in [-0.25, -0.2) is 0 Å². The second kappa shape index (κ2) is 3.99. The molecular formula is C13H9N5O2. The van der Waals surface area contributed by atoms with Crippen molar-refractivity contribution in [3.63, 3.8) is 0 Å². The maximum atomic E-state index is 10.9. The average Bonchev–Trinajstić information content (AvgIpc) is 2.81. The smallest absolute Gasteiger partial charge is 0.270 e. The summed E-state index contributed by atoms with van der Waals surface area (Å²) in [6.45, 7) is 3.58. The number of aryl methyl sites for hydroxylation is 2. The molecule has 0 saturated heterocycles. The Labute approximate surface area is 113 Å². The van der Waals surface area contributed by atoms with Gasteiger partial charge in [0.2, 0.25) is 0 Å². The van der Waals surface area contributed by atoms with E-state index in [1.165, 1.54) is 12.1 Å². The summed E-state index contributed by atoms with van der Waals surface area (Å²) in [5.74, 6) is 0.641. The Bertz CT molecular complexity index is 920. The highest BCUT2D eigenvalue weighted by Crippen LogP contribution is 2.29. The van der Waals surface area contributed by atoms with Gasteiger partial charge in [-0.1, -0.05) is 0 Å². The first-order chi connectivity index (χ1) is 9.54. The Balaban J connectivity index is 2.60. The molecule has 0 spiro atoms. The number of nitrogens with zero attached hydrogens (tertiary/aromatic N) is 5. The zero-order valence-corrected chi connectivity index (χ0v) is 10.8. The zero-order chi connectivity index (χ0) is 14.4. The molecule has 3 rings (SSSR count). The summed E-state index contributed by atoms with van der Waals surface area (Å²) in [6.07, 6.45) is 0. The van der Waals surface area contributed by atoms with E-state index in [0.717, 1.165) is 5.69 Å². The van der Waals surface area contributed by atoms with Gasteiger partial charge in [0.1, 0.15) is 11.9 Å². The van der Waals surface area contributed by atoms with Gasteiger partial charge < -0.3 is 0 Å². The lowest BCUT2D eigenvalue weighted by Gasteiger charge is -2.08. The molecule has 0 radical (unpaired) electrons. The van der Waals surface area contributed by atoms with E-state index in [2.05, 4.69) is 16.3 Å². The molecule has 0 atom stereocenters. The van der Waals surface area contributed by atoms with Gasteiger partial charge in [0.05, 0.1) is 10.5 Å². The highest BCUT2D eigenvalue weighted by atomic mass is 16.6. The van der Waals surface area contributed by atoms with Crippen LogP contribution in [0.4, 0.5) is 5.69 Å². The van der Waals surface area contributed by atoms with Gasteiger partial charge in [-0.2, -0.15) is 5.26 Å². The van der Waals surface area contributed by atoms with Gasteiger partial charge in [0.25, 0.3) is 5.69 Å². The van der Waals surface area contributed by atoms with Crippen LogP contribution in [0.25, 0.3) is 16.4 Å². The van der Waals surface area contributed by atoms with Crippen molar-refractivity contribution in [1.82, 2.24) is 14.6 Å². The third-order valence-electron chi connectivity index (χ3n) is 3.36. The molecule has 2 aromatic heterocycles. The SMILES string of the molecule is Cc1nnc2c3cc([N+](=O)[O-])ccc3c(C#N)c(C)n12. The molecule has 3 aromatic rings. The van der Waals surface area contributed by atoms with Crippen LogP contribution in [0.3, 0.4) is 0 Å². The van der Waals surface area contributed by atoms with Gasteiger partial charge in [-0.3, -0.25) is 14.5 Å². The monoisotopic (exact) mass is 267 g/mol. The lowest BCUT2D eigenvalue weighted by atomic mass is 10.0. The summed E-state index contributed by atoms with van der Waals surface area (Å²) < 4.78 is 1.74. The molecule has 0 aliphatic heterocycles. The van der Waals surface area contributed by atoms with Crippen molar-refractivity contribution in [3.05, 3.63) is 45.4 Å². The number of fused-ring (bicyclic) bond motifs is 3. The van der Waals surface area contributed by atoms with Crippen molar-refractivity contribution in [2.75, 3.05) is 0 Å². The molecule has 2 heterocycles. The van der Waals surface area contributed by atoms with Crippen LogP contribution in [0, 0.1) is 35.3 Å². The average molecular weight is 267 g/mol. The Morgan fingerprint density at radius 2 is 2.05 bits per heavy atom. The summed E-state index contributed by atoms with van der Waals surface area (Å²) >= 11 is 0. The van der Waals surface area contributed by atoms with Crippen LogP contribution < -0.4 is 0 Å². The molecule has 0 amide bonds. The molecule has 0 fully saturated rings. The lowest BCUT2D eigenvalue weighted by molar-refractivity contribution is -0.384. The minimum atomic E-state index is -0.467. The Morgan fingerprint density at radius 1 is 1.30 bits per heavy atom. The molecule has 0 N–H and O–H groups in total. The summed E-state index contributed by atoms with van der Waals surface area (Å²) in [5.41, 5.74) is 1.70. The third-order valence-corrected chi connectivity index (χ3v) is 3.36. The summed E-state index contributed by atoms with van der Waals surface area (Å²) in [4.78, 5) is 10.4. The minimum absolute atomic E-state index is 0.0344. The zero-order valence-electron chi connectivity index (χ0n) is 10.8. The number of non-ortho nitro benzene ring substituents is 1. The molecule has 7 nitrogen and oxygen atoms in total. The predicted octanol–water partition coefficient (Wildman–Crippen LogP) is 2.28. The molecule has 98 valence electrons. The fraction of sp³-hybridized carbons (Fsp3) is 0.154. The second-order valence-electron chi connectivity index (χ2n) is 4.47. The first-order valence-corrected chi connectivity index (χ1v) is 5.87. The number of pyridine rings is 1. The van der Waals surface area contributed by atoms with Crippen LogP contribution in [0.15, 0.2) is 18.2 Å². The van der Waals surface area contributed by atoms with Crippen molar-refractivity contribution in [3.8, 4) is 6.07 Å². The maximum Gasteiger partial charge on any atom is 0.270 e. The van der Waals surface area contributed by atoms with Gasteiger partial charge in [-0.15, -0.1) is 10.2 Å². The van der Waals surface area contributed by atoms with E-state index in [1.807, 2.05) is 6.92 Å². The highest BCUT2D eigenvalue weighted by Gasteiger charge is 2.17. The van der Waals surface area contributed by atoms with Gasteiger partial charge in [0.15, 0.2) is 5.65 Å². The highest BCUT2D eigenvalue weighted by molar-refractivity contribution is 5.99. The minimum Gasteiger partial charge on any atom is -0.282 e. The normalized spacial score (nSPS) is 10.8. The van der Waals surface area contributed by atoms with E-state index in [1.54, 1.807) is 17.4 Å². The van der Waals surface area contributed by atoms with Crippen LogP contribution in [-0.2, 0) is 0 Å². The number of aromatic nitrogens is 3. The van der Waals surface area contributed by atoms with E-state index in [9.17, 15) is 15.4 Å². The molecule has 0 bridgehead atoms.